The molecule has 2 aromatic carbocycles. The molecule has 0 spiro atoms. The van der Waals surface area contributed by atoms with Gasteiger partial charge in [-0.25, -0.2) is 9.59 Å². The zero-order chi connectivity index (χ0) is 20.0. The number of fused-ring (bicyclic) bond motifs is 3. The molecule has 7 nitrogen and oxygen atoms in total. The molecule has 0 unspecified atom stereocenters. The SMILES string of the molecule is COc1ccc2ccc3ccn(C[C@@H](C)N)c3c2c1.O=C(O)C=CC(=O)O. The molecule has 0 bridgehead atoms. The van der Waals surface area contributed by atoms with Gasteiger partial charge in [0.25, 0.3) is 0 Å². The van der Waals surface area contributed by atoms with Crippen molar-refractivity contribution in [3.63, 3.8) is 0 Å². The molecule has 4 N–H and O–H groups in total. The second-order valence-electron chi connectivity index (χ2n) is 6.05. The molecule has 0 aliphatic rings. The van der Waals surface area contributed by atoms with Crippen molar-refractivity contribution in [2.45, 2.75) is 19.5 Å². The van der Waals surface area contributed by atoms with Gasteiger partial charge in [-0.1, -0.05) is 18.2 Å². The predicted molar refractivity (Wildman–Crippen MR) is 104 cm³/mol. The van der Waals surface area contributed by atoms with Crippen LogP contribution in [0.1, 0.15) is 6.92 Å². The Morgan fingerprint density at radius 3 is 2.26 bits per heavy atom. The van der Waals surface area contributed by atoms with Gasteiger partial charge in [-0.15, -0.1) is 0 Å². The van der Waals surface area contributed by atoms with E-state index in [0.29, 0.717) is 12.2 Å². The van der Waals surface area contributed by atoms with Gasteiger partial charge in [0.1, 0.15) is 5.75 Å². The van der Waals surface area contributed by atoms with Crippen LogP contribution in [0.2, 0.25) is 0 Å². The van der Waals surface area contributed by atoms with Crippen molar-refractivity contribution in [1.82, 2.24) is 4.57 Å². The van der Waals surface area contributed by atoms with E-state index in [1.54, 1.807) is 7.11 Å². The Kier molecular flexibility index (Phi) is 6.56. The van der Waals surface area contributed by atoms with Crippen LogP contribution in [0.3, 0.4) is 0 Å². The third kappa shape index (κ3) is 5.32. The van der Waals surface area contributed by atoms with Gasteiger partial charge in [-0.05, 0) is 30.5 Å². The van der Waals surface area contributed by atoms with Crippen LogP contribution in [-0.4, -0.2) is 39.9 Å². The van der Waals surface area contributed by atoms with E-state index in [2.05, 4.69) is 41.1 Å². The standard InChI is InChI=1S/C16H18N2O.C4H4O4/c1-11(17)10-18-8-7-13-4-3-12-5-6-14(19-2)9-15(12)16(13)18;5-3(6)1-2-4(7)8/h3-9,11H,10,17H2,1-2H3;1-2H,(H,5,6)(H,7,8)/t11-;/m1./s1. The molecule has 7 heteroatoms. The first-order valence-electron chi connectivity index (χ1n) is 8.27. The number of nitrogens with zero attached hydrogens (tertiary/aromatic N) is 1. The first-order chi connectivity index (χ1) is 12.8. The lowest BCUT2D eigenvalue weighted by Crippen LogP contribution is -2.21. The molecule has 142 valence electrons. The number of ether oxygens (including phenoxy) is 1. The second-order valence-corrected chi connectivity index (χ2v) is 6.05. The summed E-state index contributed by atoms with van der Waals surface area (Å²) in [4.78, 5) is 19.1. The van der Waals surface area contributed by atoms with E-state index in [1.165, 1.54) is 21.7 Å². The lowest BCUT2D eigenvalue weighted by molar-refractivity contribution is -0.134. The van der Waals surface area contributed by atoms with Crippen LogP contribution in [-0.2, 0) is 16.1 Å². The number of hydrogen-bond acceptors (Lipinski definition) is 4. The molecule has 0 fully saturated rings. The van der Waals surface area contributed by atoms with Gasteiger partial charge < -0.3 is 25.3 Å². The highest BCUT2D eigenvalue weighted by molar-refractivity contribution is 6.06. The molecule has 0 saturated carbocycles. The normalized spacial score (nSPS) is 12.0. The maximum absolute atomic E-state index is 9.55. The molecule has 3 rings (SSSR count). The fourth-order valence-corrected chi connectivity index (χ4v) is 2.73. The van der Waals surface area contributed by atoms with E-state index in [4.69, 9.17) is 20.7 Å². The van der Waals surface area contributed by atoms with Crippen molar-refractivity contribution in [2.24, 2.45) is 5.73 Å². The number of carboxylic acid groups (broad SMARTS) is 2. The smallest absolute Gasteiger partial charge is 0.328 e. The quantitative estimate of drug-likeness (QED) is 0.595. The predicted octanol–water partition coefficient (Wildman–Crippen LogP) is 2.86. The van der Waals surface area contributed by atoms with E-state index >= 15 is 0 Å². The molecule has 0 aliphatic heterocycles. The van der Waals surface area contributed by atoms with E-state index in [0.717, 1.165) is 12.3 Å². The van der Waals surface area contributed by atoms with E-state index in [9.17, 15) is 9.59 Å². The summed E-state index contributed by atoms with van der Waals surface area (Å²) >= 11 is 0. The van der Waals surface area contributed by atoms with Crippen LogP contribution < -0.4 is 10.5 Å². The zero-order valence-electron chi connectivity index (χ0n) is 15.1. The fraction of sp³-hybridized carbons (Fsp3) is 0.200. The molecular weight excluding hydrogens is 348 g/mol. The van der Waals surface area contributed by atoms with Crippen LogP contribution in [0.4, 0.5) is 0 Å². The van der Waals surface area contributed by atoms with Gasteiger partial charge >= 0.3 is 11.9 Å². The minimum atomic E-state index is -1.26. The molecule has 27 heavy (non-hydrogen) atoms. The summed E-state index contributed by atoms with van der Waals surface area (Å²) in [6, 6.07) is 12.8. The Hall–Kier alpha value is -3.32. The first-order valence-corrected chi connectivity index (χ1v) is 8.27. The molecule has 3 aromatic rings. The Labute approximate surface area is 156 Å². The molecule has 0 radical (unpaired) electrons. The summed E-state index contributed by atoms with van der Waals surface area (Å²) in [6.45, 7) is 2.84. The largest absolute Gasteiger partial charge is 0.497 e. The fourth-order valence-electron chi connectivity index (χ4n) is 2.73. The maximum Gasteiger partial charge on any atom is 0.328 e. The number of carboxylic acids is 2. The second kappa shape index (κ2) is 8.86. The maximum atomic E-state index is 9.55. The number of rotatable bonds is 5. The van der Waals surface area contributed by atoms with E-state index in [-0.39, 0.29) is 6.04 Å². The molecule has 0 saturated heterocycles. The minimum Gasteiger partial charge on any atom is -0.497 e. The lowest BCUT2D eigenvalue weighted by Gasteiger charge is -2.11. The summed E-state index contributed by atoms with van der Waals surface area (Å²) in [7, 11) is 1.70. The highest BCUT2D eigenvalue weighted by Crippen LogP contribution is 2.29. The molecule has 1 heterocycles. The average Bonchev–Trinajstić information content (AvgIpc) is 3.02. The number of nitrogens with two attached hydrogens (primary N) is 1. The minimum absolute atomic E-state index is 0.136. The Balaban J connectivity index is 0.000000279. The van der Waals surface area contributed by atoms with Crippen LogP contribution in [0.25, 0.3) is 21.7 Å². The Morgan fingerprint density at radius 2 is 1.70 bits per heavy atom. The Bertz CT molecular complexity index is 973. The summed E-state index contributed by atoms with van der Waals surface area (Å²) in [6.07, 6.45) is 3.22. The highest BCUT2D eigenvalue weighted by Gasteiger charge is 2.08. The number of carbonyl (C=O) groups is 2. The van der Waals surface area contributed by atoms with Crippen LogP contribution in [0.5, 0.6) is 5.75 Å². The van der Waals surface area contributed by atoms with Crippen LogP contribution >= 0.6 is 0 Å². The number of methoxy groups -OCH3 is 1. The highest BCUT2D eigenvalue weighted by atomic mass is 16.5. The van der Waals surface area contributed by atoms with Crippen molar-refractivity contribution in [3.05, 3.63) is 54.7 Å². The molecular formula is C20H22N2O5. The molecule has 0 amide bonds. The number of aromatic nitrogens is 1. The summed E-state index contributed by atoms with van der Waals surface area (Å²) < 4.78 is 7.56. The van der Waals surface area contributed by atoms with E-state index < -0.39 is 11.9 Å². The van der Waals surface area contributed by atoms with Gasteiger partial charge in [0, 0.05) is 41.7 Å². The van der Waals surface area contributed by atoms with Crippen molar-refractivity contribution in [3.8, 4) is 5.75 Å². The van der Waals surface area contributed by atoms with Crippen molar-refractivity contribution < 1.29 is 24.5 Å². The van der Waals surface area contributed by atoms with E-state index in [1.807, 2.05) is 13.0 Å². The summed E-state index contributed by atoms with van der Waals surface area (Å²) in [5.74, 6) is -1.63. The van der Waals surface area contributed by atoms with Gasteiger partial charge in [-0.3, -0.25) is 0 Å². The third-order valence-electron chi connectivity index (χ3n) is 3.81. The van der Waals surface area contributed by atoms with Crippen LogP contribution in [0, 0.1) is 0 Å². The number of hydrogen-bond donors (Lipinski definition) is 3. The summed E-state index contributed by atoms with van der Waals surface area (Å²) in [5, 5.41) is 19.3. The van der Waals surface area contributed by atoms with Gasteiger partial charge in [0.15, 0.2) is 0 Å². The number of aliphatic carboxylic acids is 2. The van der Waals surface area contributed by atoms with Crippen LogP contribution in [0.15, 0.2) is 54.7 Å². The average molecular weight is 370 g/mol. The van der Waals surface area contributed by atoms with Crippen molar-refractivity contribution in [1.29, 1.82) is 0 Å². The van der Waals surface area contributed by atoms with Gasteiger partial charge in [0.05, 0.1) is 12.6 Å². The third-order valence-corrected chi connectivity index (χ3v) is 3.81. The lowest BCUT2D eigenvalue weighted by atomic mass is 10.1. The molecule has 1 atom stereocenters. The molecule has 0 aliphatic carbocycles. The summed E-state index contributed by atoms with van der Waals surface area (Å²) in [5.41, 5.74) is 7.16. The van der Waals surface area contributed by atoms with Crippen molar-refractivity contribution >= 4 is 33.6 Å². The Morgan fingerprint density at radius 1 is 1.11 bits per heavy atom. The van der Waals surface area contributed by atoms with Gasteiger partial charge in [-0.2, -0.15) is 0 Å². The molecule has 1 aromatic heterocycles. The topological polar surface area (TPSA) is 115 Å². The zero-order valence-corrected chi connectivity index (χ0v) is 15.1. The monoisotopic (exact) mass is 370 g/mol. The van der Waals surface area contributed by atoms with Gasteiger partial charge in [0.2, 0.25) is 0 Å². The van der Waals surface area contributed by atoms with Crippen molar-refractivity contribution in [2.75, 3.05) is 7.11 Å². The number of benzene rings is 2. The first kappa shape index (κ1) is 20.0.